The average Bonchev–Trinajstić information content (AvgIpc) is 3.73. The molecule has 0 saturated carbocycles. The van der Waals surface area contributed by atoms with Crippen LogP contribution in [0.25, 0.3) is 89.5 Å². The molecule has 8 aromatic carbocycles. The molecule has 2 nitrogen and oxygen atoms in total. The van der Waals surface area contributed by atoms with E-state index in [2.05, 4.69) is 212 Å². The van der Waals surface area contributed by atoms with Gasteiger partial charge in [-0.15, -0.1) is 0 Å². The van der Waals surface area contributed by atoms with Gasteiger partial charge in [-0.3, -0.25) is 0 Å². The summed E-state index contributed by atoms with van der Waals surface area (Å²) < 4.78 is 0. The summed E-state index contributed by atoms with van der Waals surface area (Å²) in [7, 11) is 0. The summed E-state index contributed by atoms with van der Waals surface area (Å²) in [5.74, 6) is 1.45. The van der Waals surface area contributed by atoms with Gasteiger partial charge in [0, 0.05) is 28.5 Å². The Labute approximate surface area is 356 Å². The second kappa shape index (κ2) is 14.5. The van der Waals surface area contributed by atoms with E-state index in [1.165, 1.54) is 77.9 Å². The van der Waals surface area contributed by atoms with Crippen LogP contribution < -0.4 is 0 Å². The molecule has 3 aliphatic carbocycles. The van der Waals surface area contributed by atoms with E-state index in [9.17, 15) is 0 Å². The fourth-order valence-electron chi connectivity index (χ4n) is 9.89. The Bertz CT molecular complexity index is 3190. The quantitative estimate of drug-likeness (QED) is 0.168. The van der Waals surface area contributed by atoms with Crippen LogP contribution >= 0.6 is 0 Å². The number of nitrogens with zero attached hydrogens (tertiary/aromatic N) is 2. The molecule has 0 aliphatic heterocycles. The summed E-state index contributed by atoms with van der Waals surface area (Å²) in [6, 6.07) is 70.4. The number of rotatable bonds is 6. The van der Waals surface area contributed by atoms with E-state index in [1.54, 1.807) is 0 Å². The lowest BCUT2D eigenvalue weighted by molar-refractivity contribution is 0.720. The summed E-state index contributed by atoms with van der Waals surface area (Å²) in [5.41, 5.74) is 23.2. The molecule has 1 heterocycles. The number of hydrogen-bond donors (Lipinski definition) is 0. The SMILES string of the molecule is C1=CC2c3ccccc3-c3cc(-c4ccc(-c5nc(-c6ccccc6)cc(-c6ccc(-c7ccc(-c8cccc9c8Cc8ccccc8-9)cc7)cc6)n5)cc4)ccc3C2C=C1. The second-order valence-corrected chi connectivity index (χ2v) is 16.4. The Morgan fingerprint density at radius 2 is 0.836 bits per heavy atom. The smallest absolute Gasteiger partial charge is 0.160 e. The number of aromatic nitrogens is 2. The van der Waals surface area contributed by atoms with Crippen molar-refractivity contribution in [2.75, 3.05) is 0 Å². The molecule has 0 bridgehead atoms. The van der Waals surface area contributed by atoms with Crippen LogP contribution in [0.1, 0.15) is 34.1 Å². The van der Waals surface area contributed by atoms with Gasteiger partial charge in [-0.05, 0) is 96.4 Å². The summed E-state index contributed by atoms with van der Waals surface area (Å²) in [5, 5.41) is 0. The van der Waals surface area contributed by atoms with Crippen LogP contribution in [0.5, 0.6) is 0 Å². The van der Waals surface area contributed by atoms with Crippen molar-refractivity contribution in [1.29, 1.82) is 0 Å². The molecule has 2 heteroatoms. The fraction of sp³-hybridized carbons (Fsp3) is 0.0508. The van der Waals surface area contributed by atoms with Crippen LogP contribution in [-0.4, -0.2) is 9.97 Å². The van der Waals surface area contributed by atoms with Crippen molar-refractivity contribution in [2.45, 2.75) is 18.3 Å². The molecular formula is C59H40N2. The summed E-state index contributed by atoms with van der Waals surface area (Å²) in [4.78, 5) is 10.3. The molecular weight excluding hydrogens is 737 g/mol. The van der Waals surface area contributed by atoms with Gasteiger partial charge >= 0.3 is 0 Å². The van der Waals surface area contributed by atoms with Crippen molar-refractivity contribution in [3.05, 3.63) is 241 Å². The maximum atomic E-state index is 5.19. The molecule has 1 aromatic heterocycles. The molecule has 0 amide bonds. The minimum Gasteiger partial charge on any atom is -0.228 e. The largest absolute Gasteiger partial charge is 0.228 e. The van der Waals surface area contributed by atoms with Gasteiger partial charge in [0.2, 0.25) is 0 Å². The highest BCUT2D eigenvalue weighted by atomic mass is 14.9. The Kier molecular flexibility index (Phi) is 8.41. The third kappa shape index (κ3) is 6.19. The third-order valence-electron chi connectivity index (χ3n) is 13.0. The van der Waals surface area contributed by atoms with Crippen molar-refractivity contribution in [3.63, 3.8) is 0 Å². The van der Waals surface area contributed by atoms with Gasteiger partial charge in [0.05, 0.1) is 11.4 Å². The minimum absolute atomic E-state index is 0.359. The number of benzene rings is 8. The Balaban J connectivity index is 0.842. The lowest BCUT2D eigenvalue weighted by Crippen LogP contribution is -2.16. The standard InChI is InChI=1S/C59H40N2/c1-2-11-42(12-3-1)57-37-58(43-29-23-39(24-30-43)38-21-27-41(28-22-38)47-19-10-20-49-48-14-5-4-13-46(48)36-55(47)49)61-59(60-57)44-31-25-40(26-32-44)45-33-34-54-52-17-7-6-15-50(52)51-16-8-9-18-53(51)56(54)35-45/h1-35,37,50,52H,36H2. The highest BCUT2D eigenvalue weighted by Gasteiger charge is 2.31. The first-order valence-electron chi connectivity index (χ1n) is 21.3. The van der Waals surface area contributed by atoms with Gasteiger partial charge in [-0.1, -0.05) is 206 Å². The molecule has 0 radical (unpaired) electrons. The molecule has 2 unspecified atom stereocenters. The minimum atomic E-state index is 0.359. The Morgan fingerprint density at radius 3 is 1.56 bits per heavy atom. The van der Waals surface area contributed by atoms with Gasteiger partial charge in [0.25, 0.3) is 0 Å². The second-order valence-electron chi connectivity index (χ2n) is 16.4. The van der Waals surface area contributed by atoms with Crippen LogP contribution in [0, 0.1) is 0 Å². The summed E-state index contributed by atoms with van der Waals surface area (Å²) >= 11 is 0. The average molecular weight is 777 g/mol. The Hall–Kier alpha value is -7.68. The zero-order valence-corrected chi connectivity index (χ0v) is 33.5. The molecule has 2 atom stereocenters. The van der Waals surface area contributed by atoms with Gasteiger partial charge in [-0.25, -0.2) is 9.97 Å². The first kappa shape index (κ1) is 35.3. The van der Waals surface area contributed by atoms with Crippen molar-refractivity contribution in [1.82, 2.24) is 9.97 Å². The fourth-order valence-corrected chi connectivity index (χ4v) is 9.89. The van der Waals surface area contributed by atoms with E-state index < -0.39 is 0 Å². The first-order chi connectivity index (χ1) is 30.2. The number of allylic oxidation sites excluding steroid dienone is 4. The van der Waals surface area contributed by atoms with Crippen molar-refractivity contribution < 1.29 is 0 Å². The Morgan fingerprint density at radius 1 is 0.328 bits per heavy atom. The maximum absolute atomic E-state index is 5.19. The van der Waals surface area contributed by atoms with Crippen LogP contribution in [-0.2, 0) is 6.42 Å². The molecule has 286 valence electrons. The molecule has 12 rings (SSSR count). The monoisotopic (exact) mass is 776 g/mol. The maximum Gasteiger partial charge on any atom is 0.160 e. The van der Waals surface area contributed by atoms with Crippen LogP contribution in [0.2, 0.25) is 0 Å². The summed E-state index contributed by atoms with van der Waals surface area (Å²) in [6.45, 7) is 0. The predicted molar refractivity (Wildman–Crippen MR) is 252 cm³/mol. The zero-order valence-electron chi connectivity index (χ0n) is 33.5. The van der Waals surface area contributed by atoms with E-state index in [-0.39, 0.29) is 0 Å². The highest BCUT2D eigenvalue weighted by Crippen LogP contribution is 2.50. The van der Waals surface area contributed by atoms with E-state index >= 15 is 0 Å². The molecule has 61 heavy (non-hydrogen) atoms. The van der Waals surface area contributed by atoms with Crippen LogP contribution in [0.3, 0.4) is 0 Å². The normalized spacial score (nSPS) is 15.3. The topological polar surface area (TPSA) is 25.8 Å². The van der Waals surface area contributed by atoms with Gasteiger partial charge in [0.15, 0.2) is 5.82 Å². The molecule has 3 aliphatic rings. The molecule has 9 aromatic rings. The summed E-state index contributed by atoms with van der Waals surface area (Å²) in [6.07, 6.45) is 10.1. The highest BCUT2D eigenvalue weighted by molar-refractivity contribution is 5.86. The lowest BCUT2D eigenvalue weighted by Gasteiger charge is -2.34. The zero-order chi connectivity index (χ0) is 40.3. The first-order valence-corrected chi connectivity index (χ1v) is 21.3. The predicted octanol–water partition coefficient (Wildman–Crippen LogP) is 15.0. The van der Waals surface area contributed by atoms with E-state index in [1.807, 2.05) is 6.07 Å². The molecule has 0 fully saturated rings. The number of hydrogen-bond acceptors (Lipinski definition) is 2. The molecule has 0 spiro atoms. The third-order valence-corrected chi connectivity index (χ3v) is 13.0. The van der Waals surface area contributed by atoms with E-state index in [0.29, 0.717) is 17.7 Å². The van der Waals surface area contributed by atoms with Gasteiger partial charge in [0.1, 0.15) is 0 Å². The van der Waals surface area contributed by atoms with E-state index in [0.717, 1.165) is 34.5 Å². The van der Waals surface area contributed by atoms with Crippen molar-refractivity contribution in [3.8, 4) is 89.5 Å². The lowest BCUT2D eigenvalue weighted by atomic mass is 9.69. The molecule has 0 saturated heterocycles. The van der Waals surface area contributed by atoms with Crippen LogP contribution in [0.4, 0.5) is 0 Å². The van der Waals surface area contributed by atoms with E-state index in [4.69, 9.17) is 9.97 Å². The number of fused-ring (bicyclic) bond motifs is 9. The van der Waals surface area contributed by atoms with Crippen molar-refractivity contribution in [2.24, 2.45) is 0 Å². The van der Waals surface area contributed by atoms with Gasteiger partial charge < -0.3 is 0 Å². The van der Waals surface area contributed by atoms with Gasteiger partial charge in [-0.2, -0.15) is 0 Å². The molecule has 0 N–H and O–H groups in total. The van der Waals surface area contributed by atoms with Crippen LogP contribution in [0.15, 0.2) is 218 Å². The van der Waals surface area contributed by atoms with Crippen molar-refractivity contribution >= 4 is 0 Å².